The van der Waals surface area contributed by atoms with Crippen molar-refractivity contribution >= 4 is 15.9 Å². The fraction of sp³-hybridized carbons (Fsp3) is 0.941. The third kappa shape index (κ3) is 6.69. The number of piperidine rings is 1. The van der Waals surface area contributed by atoms with Gasteiger partial charge in [0.1, 0.15) is 6.04 Å². The maximum atomic E-state index is 12.6. The summed E-state index contributed by atoms with van der Waals surface area (Å²) >= 11 is 0. The maximum absolute atomic E-state index is 12.6. The zero-order valence-electron chi connectivity index (χ0n) is 15.5. The Morgan fingerprint density at radius 3 is 2.54 bits per heavy atom. The van der Waals surface area contributed by atoms with E-state index in [0.717, 1.165) is 19.3 Å². The molecule has 142 valence electrons. The summed E-state index contributed by atoms with van der Waals surface area (Å²) in [5, 5.41) is 12.4. The highest BCUT2D eigenvalue weighted by Gasteiger charge is 2.36. The van der Waals surface area contributed by atoms with Crippen LogP contribution in [-0.4, -0.2) is 54.7 Å². The summed E-state index contributed by atoms with van der Waals surface area (Å²) in [4.78, 5) is 12.6. The number of carbonyl (C=O) groups excluding carboxylic acids is 1. The first-order valence-corrected chi connectivity index (χ1v) is 10.6. The van der Waals surface area contributed by atoms with Gasteiger partial charge in [-0.25, -0.2) is 8.42 Å². The van der Waals surface area contributed by atoms with Crippen LogP contribution >= 0.6 is 0 Å². The van der Waals surface area contributed by atoms with Crippen molar-refractivity contribution in [1.82, 2.24) is 9.62 Å². The Kier molecular flexibility index (Phi) is 8.15. The van der Waals surface area contributed by atoms with E-state index in [-0.39, 0.29) is 29.7 Å². The van der Waals surface area contributed by atoms with Crippen LogP contribution in [0.3, 0.4) is 0 Å². The third-order valence-corrected chi connectivity index (χ3v) is 6.46. The van der Waals surface area contributed by atoms with Gasteiger partial charge in [0.2, 0.25) is 15.9 Å². The van der Waals surface area contributed by atoms with Crippen LogP contribution in [0.1, 0.15) is 66.2 Å². The van der Waals surface area contributed by atoms with Crippen LogP contribution in [-0.2, 0) is 14.8 Å². The van der Waals surface area contributed by atoms with Gasteiger partial charge in [0.25, 0.3) is 0 Å². The molecule has 1 aliphatic heterocycles. The zero-order valence-corrected chi connectivity index (χ0v) is 16.4. The molecule has 1 heterocycles. The Morgan fingerprint density at radius 2 is 2.00 bits per heavy atom. The van der Waals surface area contributed by atoms with Crippen LogP contribution in [0.4, 0.5) is 0 Å². The van der Waals surface area contributed by atoms with Gasteiger partial charge in [0.05, 0.1) is 18.4 Å². The number of nitrogens with zero attached hydrogens (tertiary/aromatic N) is 1. The van der Waals surface area contributed by atoms with Gasteiger partial charge in [-0.3, -0.25) is 4.79 Å². The van der Waals surface area contributed by atoms with E-state index in [2.05, 4.69) is 26.1 Å². The largest absolute Gasteiger partial charge is 0.394 e. The first kappa shape index (κ1) is 21.4. The highest BCUT2D eigenvalue weighted by Crippen LogP contribution is 2.23. The number of hydrogen-bond donors (Lipinski definition) is 2. The molecule has 7 heteroatoms. The van der Waals surface area contributed by atoms with Gasteiger partial charge in [-0.05, 0) is 37.5 Å². The van der Waals surface area contributed by atoms with Crippen LogP contribution in [0.2, 0.25) is 0 Å². The molecule has 1 saturated heterocycles. The van der Waals surface area contributed by atoms with Crippen molar-refractivity contribution in [2.75, 3.05) is 18.9 Å². The Labute approximate surface area is 147 Å². The number of aliphatic hydroxyl groups is 1. The molecule has 0 saturated carbocycles. The Morgan fingerprint density at radius 1 is 1.33 bits per heavy atom. The number of nitrogens with one attached hydrogen (secondary N) is 1. The molecule has 1 fully saturated rings. The molecule has 0 radical (unpaired) electrons. The maximum Gasteiger partial charge on any atom is 0.238 e. The normalized spacial score (nSPS) is 21.5. The van der Waals surface area contributed by atoms with Crippen LogP contribution < -0.4 is 5.32 Å². The molecule has 1 rings (SSSR count). The number of carbonyl (C=O) groups is 1. The number of hydrogen-bond acceptors (Lipinski definition) is 4. The molecule has 1 amide bonds. The molecule has 0 aromatic rings. The molecule has 24 heavy (non-hydrogen) atoms. The number of aliphatic hydroxyl groups excluding tert-OH is 1. The number of sulfonamides is 1. The van der Waals surface area contributed by atoms with Crippen molar-refractivity contribution in [3.8, 4) is 0 Å². The van der Waals surface area contributed by atoms with E-state index in [9.17, 15) is 18.3 Å². The quantitative estimate of drug-likeness (QED) is 0.690. The van der Waals surface area contributed by atoms with Crippen molar-refractivity contribution in [2.45, 2.75) is 78.3 Å². The molecule has 6 nitrogen and oxygen atoms in total. The van der Waals surface area contributed by atoms with Gasteiger partial charge < -0.3 is 10.4 Å². The van der Waals surface area contributed by atoms with Crippen LogP contribution in [0.5, 0.6) is 0 Å². The van der Waals surface area contributed by atoms with Crippen molar-refractivity contribution in [2.24, 2.45) is 5.41 Å². The van der Waals surface area contributed by atoms with E-state index in [1.165, 1.54) is 4.31 Å². The lowest BCUT2D eigenvalue weighted by atomic mass is 9.88. The lowest BCUT2D eigenvalue weighted by Gasteiger charge is -2.34. The second kappa shape index (κ2) is 9.15. The summed E-state index contributed by atoms with van der Waals surface area (Å²) in [5.41, 5.74) is 0.124. The fourth-order valence-electron chi connectivity index (χ4n) is 2.99. The standard InChI is InChI=1S/C17H34N2O4S/c1-5-12-24(22,23)19-11-7-6-8-15(19)16(21)18-14(13-20)9-10-17(2,3)4/h14-15,20H,5-13H2,1-4H3,(H,18,21)/t14-,15-/m0/s1. The van der Waals surface area contributed by atoms with Crippen molar-refractivity contribution < 1.29 is 18.3 Å². The Bertz CT molecular complexity index is 499. The summed E-state index contributed by atoms with van der Waals surface area (Å²) in [6, 6.07) is -0.964. The first-order valence-electron chi connectivity index (χ1n) is 9.01. The average Bonchev–Trinajstić information content (AvgIpc) is 2.50. The molecule has 2 N–H and O–H groups in total. The van der Waals surface area contributed by atoms with E-state index < -0.39 is 16.1 Å². The van der Waals surface area contributed by atoms with Crippen molar-refractivity contribution in [1.29, 1.82) is 0 Å². The first-order chi connectivity index (χ1) is 11.1. The number of amides is 1. The minimum atomic E-state index is -3.40. The smallest absolute Gasteiger partial charge is 0.238 e. The summed E-state index contributed by atoms with van der Waals surface area (Å²) in [6.45, 7) is 8.45. The molecular formula is C17H34N2O4S. The van der Waals surface area contributed by atoms with Gasteiger partial charge in [0, 0.05) is 6.54 Å². The average molecular weight is 363 g/mol. The topological polar surface area (TPSA) is 86.7 Å². The molecule has 0 aliphatic carbocycles. The molecule has 0 unspecified atom stereocenters. The SMILES string of the molecule is CCCS(=O)(=O)N1CCCC[C@H]1C(=O)N[C@H](CO)CCC(C)(C)C. The highest BCUT2D eigenvalue weighted by molar-refractivity contribution is 7.89. The lowest BCUT2D eigenvalue weighted by molar-refractivity contribution is -0.126. The van der Waals surface area contributed by atoms with Gasteiger partial charge >= 0.3 is 0 Å². The molecule has 0 bridgehead atoms. The summed E-state index contributed by atoms with van der Waals surface area (Å²) in [7, 11) is -3.40. The third-order valence-electron chi connectivity index (χ3n) is 4.39. The summed E-state index contributed by atoms with van der Waals surface area (Å²) < 4.78 is 26.2. The van der Waals surface area contributed by atoms with Crippen LogP contribution in [0, 0.1) is 5.41 Å². The van der Waals surface area contributed by atoms with Gasteiger partial charge in [0.15, 0.2) is 0 Å². The molecular weight excluding hydrogens is 328 g/mol. The van der Waals surface area contributed by atoms with Gasteiger partial charge in [-0.15, -0.1) is 0 Å². The predicted octanol–water partition coefficient (Wildman–Crippen LogP) is 1.88. The second-order valence-electron chi connectivity index (χ2n) is 7.93. The molecule has 0 aromatic heterocycles. The van der Waals surface area contributed by atoms with Crippen molar-refractivity contribution in [3.63, 3.8) is 0 Å². The molecule has 2 atom stereocenters. The van der Waals surface area contributed by atoms with Crippen molar-refractivity contribution in [3.05, 3.63) is 0 Å². The molecule has 1 aliphatic rings. The predicted molar refractivity (Wildman–Crippen MR) is 96.1 cm³/mol. The van der Waals surface area contributed by atoms with E-state index in [4.69, 9.17) is 0 Å². The van der Waals surface area contributed by atoms with Crippen LogP contribution in [0.15, 0.2) is 0 Å². The van der Waals surface area contributed by atoms with E-state index in [0.29, 0.717) is 25.8 Å². The van der Waals surface area contributed by atoms with E-state index in [1.807, 2.05) is 6.92 Å². The second-order valence-corrected chi connectivity index (χ2v) is 9.97. The van der Waals surface area contributed by atoms with Crippen LogP contribution in [0.25, 0.3) is 0 Å². The lowest BCUT2D eigenvalue weighted by Crippen LogP contribution is -2.54. The monoisotopic (exact) mass is 362 g/mol. The van der Waals surface area contributed by atoms with Gasteiger partial charge in [-0.1, -0.05) is 34.1 Å². The zero-order chi connectivity index (χ0) is 18.4. The molecule has 0 spiro atoms. The molecule has 0 aromatic carbocycles. The Balaban J connectivity index is 2.75. The highest BCUT2D eigenvalue weighted by atomic mass is 32.2. The van der Waals surface area contributed by atoms with E-state index in [1.54, 1.807) is 0 Å². The van der Waals surface area contributed by atoms with Gasteiger partial charge in [-0.2, -0.15) is 4.31 Å². The number of rotatable bonds is 8. The minimum absolute atomic E-state index is 0.0736. The summed E-state index contributed by atoms with van der Waals surface area (Å²) in [6.07, 6.45) is 4.29. The minimum Gasteiger partial charge on any atom is -0.394 e. The Hall–Kier alpha value is -0.660. The van der Waals surface area contributed by atoms with E-state index >= 15 is 0 Å². The fourth-order valence-corrected chi connectivity index (χ4v) is 4.74. The summed E-state index contributed by atoms with van der Waals surface area (Å²) in [5.74, 6) is -0.202.